The Kier molecular flexibility index (Phi) is 8.36. The highest BCUT2D eigenvalue weighted by Crippen LogP contribution is 2.44. The molecule has 2 saturated carbocycles. The van der Waals surface area contributed by atoms with Gasteiger partial charge in [-0.25, -0.2) is 0 Å². The molecule has 1 saturated heterocycles. The lowest BCUT2D eigenvalue weighted by atomic mass is 9.66. The molecule has 0 aromatic heterocycles. The minimum Gasteiger partial charge on any atom is -0.374 e. The SMILES string of the molecule is CC=CC1CCC(C2CCC(C3CCC(CCC=C(F)F)CC3)CC2)CO1. The first-order valence-corrected chi connectivity index (χ1v) is 11.4. The first kappa shape index (κ1) is 21.0. The van der Waals surface area contributed by atoms with Crippen LogP contribution in [0.15, 0.2) is 24.3 Å². The maximum Gasteiger partial charge on any atom is 0.266 e. The molecule has 3 aliphatic rings. The molecule has 154 valence electrons. The van der Waals surface area contributed by atoms with Gasteiger partial charge in [-0.15, -0.1) is 0 Å². The summed E-state index contributed by atoms with van der Waals surface area (Å²) in [5, 5.41) is 0. The number of allylic oxidation sites excluding steroid dienone is 2. The Labute approximate surface area is 164 Å². The van der Waals surface area contributed by atoms with Crippen LogP contribution in [0, 0.1) is 29.6 Å². The Morgan fingerprint density at radius 3 is 1.89 bits per heavy atom. The van der Waals surface area contributed by atoms with E-state index in [4.69, 9.17) is 4.74 Å². The predicted molar refractivity (Wildman–Crippen MR) is 108 cm³/mol. The van der Waals surface area contributed by atoms with E-state index in [1.165, 1.54) is 64.2 Å². The maximum absolute atomic E-state index is 12.2. The van der Waals surface area contributed by atoms with Gasteiger partial charge in [-0.05, 0) is 107 Å². The molecular formula is C24H38F2O. The summed E-state index contributed by atoms with van der Waals surface area (Å²) in [5.41, 5.74) is 0. The highest BCUT2D eigenvalue weighted by atomic mass is 19.3. The van der Waals surface area contributed by atoms with E-state index in [0.717, 1.165) is 42.8 Å². The second kappa shape index (κ2) is 10.7. The topological polar surface area (TPSA) is 9.23 Å². The molecule has 1 nitrogen and oxygen atoms in total. The van der Waals surface area contributed by atoms with Crippen molar-refractivity contribution < 1.29 is 13.5 Å². The largest absolute Gasteiger partial charge is 0.374 e. The fourth-order valence-corrected chi connectivity index (χ4v) is 5.99. The van der Waals surface area contributed by atoms with Crippen LogP contribution in [0.5, 0.6) is 0 Å². The van der Waals surface area contributed by atoms with E-state index in [9.17, 15) is 8.78 Å². The summed E-state index contributed by atoms with van der Waals surface area (Å²) in [5.74, 6) is 4.17. The standard InChI is InChI=1S/C24H38F2O/c1-2-4-23-16-15-22(17-27-23)21-13-11-20(12-14-21)19-9-7-18(8-10-19)5-3-6-24(25)26/h2,4,6,18-23H,3,5,7-17H2,1H3. The average molecular weight is 381 g/mol. The van der Waals surface area contributed by atoms with Crippen LogP contribution < -0.4 is 0 Å². The number of hydrogen-bond acceptors (Lipinski definition) is 1. The summed E-state index contributed by atoms with van der Waals surface area (Å²) < 4.78 is 30.4. The molecule has 2 aliphatic carbocycles. The highest BCUT2D eigenvalue weighted by Gasteiger charge is 2.34. The van der Waals surface area contributed by atoms with Gasteiger partial charge in [0.2, 0.25) is 0 Å². The zero-order chi connectivity index (χ0) is 19.1. The lowest BCUT2D eigenvalue weighted by molar-refractivity contribution is -0.0193. The van der Waals surface area contributed by atoms with Gasteiger partial charge in [-0.2, -0.15) is 8.78 Å². The molecule has 0 amide bonds. The van der Waals surface area contributed by atoms with Crippen molar-refractivity contribution in [1.82, 2.24) is 0 Å². The molecule has 0 aromatic rings. The van der Waals surface area contributed by atoms with Gasteiger partial charge in [-0.1, -0.05) is 25.0 Å². The van der Waals surface area contributed by atoms with Crippen molar-refractivity contribution in [3.8, 4) is 0 Å². The first-order chi connectivity index (χ1) is 13.2. The Morgan fingerprint density at radius 1 is 0.815 bits per heavy atom. The van der Waals surface area contributed by atoms with Crippen LogP contribution in [0.1, 0.15) is 84.0 Å². The summed E-state index contributed by atoms with van der Waals surface area (Å²) in [6.45, 7) is 3.04. The van der Waals surface area contributed by atoms with Gasteiger partial charge in [0, 0.05) is 0 Å². The molecule has 2 unspecified atom stereocenters. The number of hydrogen-bond donors (Lipinski definition) is 0. The first-order valence-electron chi connectivity index (χ1n) is 11.4. The third-order valence-corrected chi connectivity index (χ3v) is 7.67. The molecule has 1 aliphatic heterocycles. The maximum atomic E-state index is 12.2. The van der Waals surface area contributed by atoms with Crippen molar-refractivity contribution in [3.05, 3.63) is 24.3 Å². The molecule has 1 heterocycles. The highest BCUT2D eigenvalue weighted by molar-refractivity contribution is 4.91. The van der Waals surface area contributed by atoms with Gasteiger partial charge in [0.05, 0.1) is 12.7 Å². The van der Waals surface area contributed by atoms with E-state index in [1.807, 2.05) is 0 Å². The molecule has 0 aromatic carbocycles. The minimum atomic E-state index is -1.51. The Balaban J connectivity index is 1.34. The normalized spacial score (nSPS) is 38.0. The number of rotatable bonds is 6. The summed E-state index contributed by atoms with van der Waals surface area (Å²) in [7, 11) is 0. The summed E-state index contributed by atoms with van der Waals surface area (Å²) >= 11 is 0. The summed E-state index contributed by atoms with van der Waals surface area (Å²) in [6.07, 6.45) is 19.1. The van der Waals surface area contributed by atoms with Gasteiger partial charge >= 0.3 is 0 Å². The molecule has 0 spiro atoms. The summed E-state index contributed by atoms with van der Waals surface area (Å²) in [6, 6.07) is 0. The third kappa shape index (κ3) is 6.41. The van der Waals surface area contributed by atoms with E-state index in [-0.39, 0.29) is 0 Å². The van der Waals surface area contributed by atoms with Crippen molar-refractivity contribution in [2.45, 2.75) is 90.1 Å². The van der Waals surface area contributed by atoms with Crippen molar-refractivity contribution >= 4 is 0 Å². The van der Waals surface area contributed by atoms with Crippen molar-refractivity contribution in [3.63, 3.8) is 0 Å². The van der Waals surface area contributed by atoms with Crippen LogP contribution in [0.4, 0.5) is 8.78 Å². The number of ether oxygens (including phenoxy) is 1. The molecule has 27 heavy (non-hydrogen) atoms. The van der Waals surface area contributed by atoms with E-state index in [0.29, 0.717) is 18.4 Å². The Hall–Kier alpha value is -0.700. The molecule has 0 radical (unpaired) electrons. The van der Waals surface area contributed by atoms with Crippen LogP contribution in [0.25, 0.3) is 0 Å². The smallest absolute Gasteiger partial charge is 0.266 e. The van der Waals surface area contributed by atoms with Gasteiger partial charge in [-0.3, -0.25) is 0 Å². The van der Waals surface area contributed by atoms with Crippen molar-refractivity contribution in [1.29, 1.82) is 0 Å². The Bertz CT molecular complexity index is 473. The average Bonchev–Trinajstić information content (AvgIpc) is 2.69. The van der Waals surface area contributed by atoms with Crippen molar-refractivity contribution in [2.75, 3.05) is 6.61 Å². The molecule has 2 atom stereocenters. The van der Waals surface area contributed by atoms with Crippen LogP contribution in [0.3, 0.4) is 0 Å². The summed E-state index contributed by atoms with van der Waals surface area (Å²) in [4.78, 5) is 0. The zero-order valence-corrected chi connectivity index (χ0v) is 17.1. The molecule has 3 rings (SSSR count). The van der Waals surface area contributed by atoms with Crippen LogP contribution in [0.2, 0.25) is 0 Å². The van der Waals surface area contributed by atoms with E-state index in [2.05, 4.69) is 19.1 Å². The lowest BCUT2D eigenvalue weighted by Crippen LogP contribution is -2.33. The number of halogens is 2. The quantitative estimate of drug-likeness (QED) is 0.433. The minimum absolute atomic E-state index is 0.356. The van der Waals surface area contributed by atoms with Crippen LogP contribution in [-0.4, -0.2) is 12.7 Å². The fraction of sp³-hybridized carbons (Fsp3) is 0.833. The van der Waals surface area contributed by atoms with Gasteiger partial charge in [0.15, 0.2) is 0 Å². The van der Waals surface area contributed by atoms with Crippen LogP contribution >= 0.6 is 0 Å². The fourth-order valence-electron chi connectivity index (χ4n) is 5.99. The van der Waals surface area contributed by atoms with E-state index >= 15 is 0 Å². The third-order valence-electron chi connectivity index (χ3n) is 7.67. The molecular weight excluding hydrogens is 342 g/mol. The van der Waals surface area contributed by atoms with Crippen molar-refractivity contribution in [2.24, 2.45) is 29.6 Å². The predicted octanol–water partition coefficient (Wildman–Crippen LogP) is 7.53. The van der Waals surface area contributed by atoms with Gasteiger partial charge < -0.3 is 4.74 Å². The monoisotopic (exact) mass is 380 g/mol. The Morgan fingerprint density at radius 2 is 1.37 bits per heavy atom. The second-order valence-corrected chi connectivity index (χ2v) is 9.26. The zero-order valence-electron chi connectivity index (χ0n) is 17.1. The molecule has 0 N–H and O–H groups in total. The van der Waals surface area contributed by atoms with Gasteiger partial charge in [0.25, 0.3) is 6.08 Å². The molecule has 3 fully saturated rings. The van der Waals surface area contributed by atoms with E-state index in [1.54, 1.807) is 0 Å². The van der Waals surface area contributed by atoms with Gasteiger partial charge in [0.1, 0.15) is 0 Å². The second-order valence-electron chi connectivity index (χ2n) is 9.26. The lowest BCUT2D eigenvalue weighted by Gasteiger charge is -2.41. The van der Waals surface area contributed by atoms with Crippen LogP contribution in [-0.2, 0) is 4.74 Å². The van der Waals surface area contributed by atoms with E-state index < -0.39 is 6.08 Å². The molecule has 0 bridgehead atoms. The molecule has 3 heteroatoms.